The number of hydrogen-bond donors (Lipinski definition) is 1. The standard InChI is InChI=1S/C17H23N/c1-3-9-16(10-4-1)11-7-8-14-18-15-17-12-5-2-6-13-17/h2,5-6,8,11-13,16,18H,1,3-4,9-10,14-15H2. The topological polar surface area (TPSA) is 12.0 Å². The summed E-state index contributed by atoms with van der Waals surface area (Å²) in [7, 11) is 0. The minimum atomic E-state index is 0.782. The lowest BCUT2D eigenvalue weighted by molar-refractivity contribution is 0.419. The Hall–Kier alpha value is -1.30. The van der Waals surface area contributed by atoms with Gasteiger partial charge in [0.25, 0.3) is 0 Å². The van der Waals surface area contributed by atoms with Crippen LogP contribution in [0.15, 0.2) is 48.2 Å². The van der Waals surface area contributed by atoms with E-state index in [0.29, 0.717) is 0 Å². The van der Waals surface area contributed by atoms with Gasteiger partial charge in [0.05, 0.1) is 0 Å². The first-order valence-electron chi connectivity index (χ1n) is 7.11. The van der Waals surface area contributed by atoms with Gasteiger partial charge in [0.15, 0.2) is 0 Å². The molecule has 0 aromatic heterocycles. The van der Waals surface area contributed by atoms with Crippen molar-refractivity contribution in [3.05, 3.63) is 53.8 Å². The predicted octanol–water partition coefficient (Wildman–Crippen LogP) is 4.07. The maximum Gasteiger partial charge on any atom is 0.0213 e. The molecule has 1 heteroatoms. The molecule has 0 bridgehead atoms. The van der Waals surface area contributed by atoms with Crippen molar-refractivity contribution in [2.24, 2.45) is 5.92 Å². The highest BCUT2D eigenvalue weighted by atomic mass is 14.8. The Kier molecular flexibility index (Phi) is 5.78. The van der Waals surface area contributed by atoms with Crippen LogP contribution in [0.25, 0.3) is 0 Å². The lowest BCUT2D eigenvalue weighted by atomic mass is 9.89. The molecule has 1 fully saturated rings. The summed E-state index contributed by atoms with van der Waals surface area (Å²) in [5, 5.41) is 3.40. The molecule has 1 saturated carbocycles. The van der Waals surface area contributed by atoms with Gasteiger partial charge in [-0.3, -0.25) is 0 Å². The fourth-order valence-corrected chi connectivity index (χ4v) is 2.45. The Bertz CT molecular complexity index is 381. The van der Waals surface area contributed by atoms with Gasteiger partial charge in [0, 0.05) is 13.1 Å². The summed E-state index contributed by atoms with van der Waals surface area (Å²) in [6.07, 6.45) is 11.3. The second-order valence-corrected chi connectivity index (χ2v) is 5.05. The molecule has 2 rings (SSSR count). The van der Waals surface area contributed by atoms with Gasteiger partial charge in [-0.15, -0.1) is 5.73 Å². The number of hydrogen-bond acceptors (Lipinski definition) is 1. The number of benzene rings is 1. The summed E-state index contributed by atoms with van der Waals surface area (Å²) in [6.45, 7) is 1.83. The summed E-state index contributed by atoms with van der Waals surface area (Å²) in [5.74, 6) is 0.782. The van der Waals surface area contributed by atoms with Crippen LogP contribution in [0.4, 0.5) is 0 Å². The van der Waals surface area contributed by atoms with Crippen LogP contribution in [0.3, 0.4) is 0 Å². The van der Waals surface area contributed by atoms with Crippen LogP contribution in [-0.2, 0) is 6.54 Å². The lowest BCUT2D eigenvalue weighted by Crippen LogP contribution is -2.12. The molecule has 1 aromatic carbocycles. The van der Waals surface area contributed by atoms with Crippen molar-refractivity contribution < 1.29 is 0 Å². The Morgan fingerprint density at radius 3 is 2.67 bits per heavy atom. The highest BCUT2D eigenvalue weighted by molar-refractivity contribution is 5.14. The van der Waals surface area contributed by atoms with E-state index in [9.17, 15) is 0 Å². The molecular weight excluding hydrogens is 218 g/mol. The van der Waals surface area contributed by atoms with Crippen molar-refractivity contribution in [1.29, 1.82) is 0 Å². The monoisotopic (exact) mass is 241 g/mol. The molecule has 0 heterocycles. The molecule has 1 nitrogen and oxygen atoms in total. The minimum absolute atomic E-state index is 0.782. The van der Waals surface area contributed by atoms with Gasteiger partial charge in [-0.2, -0.15) is 0 Å². The molecule has 0 radical (unpaired) electrons. The molecular formula is C17H23N. The van der Waals surface area contributed by atoms with E-state index < -0.39 is 0 Å². The first-order chi connectivity index (χ1) is 8.95. The Labute approximate surface area is 111 Å². The van der Waals surface area contributed by atoms with Crippen LogP contribution in [0.5, 0.6) is 0 Å². The van der Waals surface area contributed by atoms with E-state index >= 15 is 0 Å². The maximum absolute atomic E-state index is 3.40. The fraction of sp³-hybridized carbons (Fsp3) is 0.471. The molecule has 0 saturated heterocycles. The molecule has 0 aliphatic heterocycles. The first-order valence-corrected chi connectivity index (χ1v) is 7.11. The van der Waals surface area contributed by atoms with Crippen molar-refractivity contribution >= 4 is 0 Å². The van der Waals surface area contributed by atoms with E-state index in [1.165, 1.54) is 37.7 Å². The highest BCUT2D eigenvalue weighted by Gasteiger charge is 2.08. The molecule has 0 amide bonds. The average Bonchev–Trinajstić information content (AvgIpc) is 2.45. The van der Waals surface area contributed by atoms with E-state index in [2.05, 4.69) is 53.5 Å². The van der Waals surface area contributed by atoms with Gasteiger partial charge in [-0.1, -0.05) is 49.6 Å². The van der Waals surface area contributed by atoms with Crippen molar-refractivity contribution in [2.75, 3.05) is 6.54 Å². The van der Waals surface area contributed by atoms with Gasteiger partial charge in [0.2, 0.25) is 0 Å². The summed E-state index contributed by atoms with van der Waals surface area (Å²) in [6, 6.07) is 10.5. The molecule has 1 aliphatic rings. The quantitative estimate of drug-likeness (QED) is 0.605. The first kappa shape index (κ1) is 13.1. The molecule has 96 valence electrons. The smallest absolute Gasteiger partial charge is 0.0213 e. The van der Waals surface area contributed by atoms with E-state index in [1.54, 1.807) is 0 Å². The fourth-order valence-electron chi connectivity index (χ4n) is 2.45. The molecule has 1 aliphatic carbocycles. The molecule has 0 atom stereocenters. The zero-order valence-corrected chi connectivity index (χ0v) is 11.1. The van der Waals surface area contributed by atoms with Gasteiger partial charge >= 0.3 is 0 Å². The SMILES string of the molecule is C(=CCNCc1ccccc1)=CC1CCCCC1. The van der Waals surface area contributed by atoms with Crippen molar-refractivity contribution in [3.63, 3.8) is 0 Å². The van der Waals surface area contributed by atoms with Gasteiger partial charge in [-0.05, 0) is 36.5 Å². The van der Waals surface area contributed by atoms with Gasteiger partial charge in [-0.25, -0.2) is 0 Å². The highest BCUT2D eigenvalue weighted by Crippen LogP contribution is 2.23. The van der Waals surface area contributed by atoms with E-state index in [4.69, 9.17) is 0 Å². The summed E-state index contributed by atoms with van der Waals surface area (Å²) >= 11 is 0. The lowest BCUT2D eigenvalue weighted by Gasteiger charge is -2.16. The summed E-state index contributed by atoms with van der Waals surface area (Å²) in [4.78, 5) is 0. The zero-order valence-electron chi connectivity index (χ0n) is 11.1. The molecule has 1 aromatic rings. The average molecular weight is 241 g/mol. The van der Waals surface area contributed by atoms with E-state index in [1.807, 2.05) is 0 Å². The van der Waals surface area contributed by atoms with Crippen molar-refractivity contribution in [2.45, 2.75) is 38.6 Å². The Balaban J connectivity index is 1.64. The molecule has 0 unspecified atom stereocenters. The van der Waals surface area contributed by atoms with Crippen LogP contribution in [0.2, 0.25) is 0 Å². The van der Waals surface area contributed by atoms with Gasteiger partial charge < -0.3 is 5.32 Å². The minimum Gasteiger partial charge on any atom is -0.309 e. The van der Waals surface area contributed by atoms with E-state index in [-0.39, 0.29) is 0 Å². The van der Waals surface area contributed by atoms with E-state index in [0.717, 1.165) is 19.0 Å². The van der Waals surface area contributed by atoms with Crippen molar-refractivity contribution in [1.82, 2.24) is 5.32 Å². The maximum atomic E-state index is 3.40. The van der Waals surface area contributed by atoms with Crippen LogP contribution in [0.1, 0.15) is 37.7 Å². The zero-order chi connectivity index (χ0) is 12.5. The van der Waals surface area contributed by atoms with Crippen LogP contribution in [0, 0.1) is 5.92 Å². The third kappa shape index (κ3) is 4.91. The third-order valence-electron chi connectivity index (χ3n) is 3.52. The molecule has 18 heavy (non-hydrogen) atoms. The second kappa shape index (κ2) is 7.92. The normalized spacial score (nSPS) is 16.0. The predicted molar refractivity (Wildman–Crippen MR) is 77.4 cm³/mol. The van der Waals surface area contributed by atoms with Crippen molar-refractivity contribution in [3.8, 4) is 0 Å². The summed E-state index contributed by atoms with van der Waals surface area (Å²) in [5.41, 5.74) is 4.66. The number of rotatable bonds is 5. The van der Waals surface area contributed by atoms with Crippen LogP contribution in [-0.4, -0.2) is 6.54 Å². The largest absolute Gasteiger partial charge is 0.309 e. The summed E-state index contributed by atoms with van der Waals surface area (Å²) < 4.78 is 0. The van der Waals surface area contributed by atoms with Gasteiger partial charge in [0.1, 0.15) is 0 Å². The van der Waals surface area contributed by atoms with Crippen LogP contribution < -0.4 is 5.32 Å². The third-order valence-corrected chi connectivity index (χ3v) is 3.52. The Morgan fingerprint density at radius 1 is 1.11 bits per heavy atom. The number of nitrogens with one attached hydrogen (secondary N) is 1. The second-order valence-electron chi connectivity index (χ2n) is 5.05. The Morgan fingerprint density at radius 2 is 1.89 bits per heavy atom. The van der Waals surface area contributed by atoms with Crippen LogP contribution >= 0.6 is 0 Å². The molecule has 1 N–H and O–H groups in total. The molecule has 0 spiro atoms.